The van der Waals surface area contributed by atoms with E-state index < -0.39 is 15.9 Å². The van der Waals surface area contributed by atoms with Crippen molar-refractivity contribution in [3.63, 3.8) is 0 Å². The predicted octanol–water partition coefficient (Wildman–Crippen LogP) is 4.08. The number of nitrogens with one attached hydrogen (secondary N) is 1. The smallest absolute Gasteiger partial charge is 0.271 e. The van der Waals surface area contributed by atoms with Gasteiger partial charge in [-0.3, -0.25) is 9.10 Å². The van der Waals surface area contributed by atoms with Crippen LogP contribution in [-0.4, -0.2) is 33.9 Å². The van der Waals surface area contributed by atoms with Gasteiger partial charge in [0, 0.05) is 16.1 Å². The molecule has 0 heterocycles. The Labute approximate surface area is 192 Å². The van der Waals surface area contributed by atoms with E-state index in [9.17, 15) is 13.2 Å². The fourth-order valence-electron chi connectivity index (χ4n) is 2.96. The van der Waals surface area contributed by atoms with E-state index in [0.717, 1.165) is 6.26 Å². The van der Waals surface area contributed by atoms with Crippen LogP contribution in [0.1, 0.15) is 21.5 Å². The summed E-state index contributed by atoms with van der Waals surface area (Å²) >= 11 is 6.19. The molecule has 0 saturated carbocycles. The first-order valence-corrected chi connectivity index (χ1v) is 11.8. The van der Waals surface area contributed by atoms with Crippen molar-refractivity contribution in [2.45, 2.75) is 6.54 Å². The highest BCUT2D eigenvalue weighted by Crippen LogP contribution is 2.24. The molecule has 9 heteroatoms. The number of hydrogen-bond donors (Lipinski definition) is 1. The highest BCUT2D eigenvalue weighted by molar-refractivity contribution is 7.92. The third-order valence-electron chi connectivity index (χ3n) is 4.60. The lowest BCUT2D eigenvalue weighted by molar-refractivity contribution is 0.0955. The summed E-state index contributed by atoms with van der Waals surface area (Å²) in [7, 11) is -2.02. The molecule has 32 heavy (non-hydrogen) atoms. The standard InChI is InChI=1S/C23H22ClN3O4S/c1-31-22-10-6-4-7-18(22)15-25-26-23(28)17-11-13-20(14-12-17)27(32(2,29)30)16-19-8-3-5-9-21(19)24/h3-15H,16H2,1-2H3,(H,26,28)/b25-15-. The highest BCUT2D eigenvalue weighted by atomic mass is 35.5. The summed E-state index contributed by atoms with van der Waals surface area (Å²) in [5.41, 5.74) is 4.59. The zero-order valence-electron chi connectivity index (χ0n) is 17.5. The second-order valence-corrected chi connectivity index (χ2v) is 9.16. The number of rotatable bonds is 8. The van der Waals surface area contributed by atoms with Crippen LogP contribution < -0.4 is 14.5 Å². The van der Waals surface area contributed by atoms with Crippen molar-refractivity contribution in [3.8, 4) is 5.75 Å². The molecule has 0 aromatic heterocycles. The van der Waals surface area contributed by atoms with Gasteiger partial charge in [0.2, 0.25) is 10.0 Å². The van der Waals surface area contributed by atoms with Gasteiger partial charge in [-0.05, 0) is 48.0 Å². The molecule has 0 aliphatic carbocycles. The summed E-state index contributed by atoms with van der Waals surface area (Å²) in [6.07, 6.45) is 2.61. The molecular weight excluding hydrogens is 450 g/mol. The lowest BCUT2D eigenvalue weighted by Crippen LogP contribution is -2.29. The molecule has 0 bridgehead atoms. The molecule has 0 aliphatic rings. The van der Waals surface area contributed by atoms with Crippen molar-refractivity contribution >= 4 is 39.4 Å². The van der Waals surface area contributed by atoms with Gasteiger partial charge in [0.25, 0.3) is 5.91 Å². The molecule has 7 nitrogen and oxygen atoms in total. The maximum atomic E-state index is 12.4. The van der Waals surface area contributed by atoms with Crippen molar-refractivity contribution in [3.05, 3.63) is 94.5 Å². The van der Waals surface area contributed by atoms with Crippen LogP contribution in [0, 0.1) is 0 Å². The summed E-state index contributed by atoms with van der Waals surface area (Å²) in [6, 6.07) is 20.5. The number of sulfonamides is 1. The fraction of sp³-hybridized carbons (Fsp3) is 0.130. The zero-order valence-corrected chi connectivity index (χ0v) is 19.1. The molecule has 0 spiro atoms. The average molecular weight is 472 g/mol. The van der Waals surface area contributed by atoms with Gasteiger partial charge in [-0.1, -0.05) is 41.9 Å². The summed E-state index contributed by atoms with van der Waals surface area (Å²) in [6.45, 7) is 0.0766. The summed E-state index contributed by atoms with van der Waals surface area (Å²) in [5.74, 6) is 0.203. The SMILES string of the molecule is COc1ccccc1/C=N\NC(=O)c1ccc(N(Cc2ccccc2Cl)S(C)(=O)=O)cc1. The molecule has 0 fully saturated rings. The Hall–Kier alpha value is -3.36. The maximum absolute atomic E-state index is 12.4. The van der Waals surface area contributed by atoms with E-state index in [-0.39, 0.29) is 6.54 Å². The van der Waals surface area contributed by atoms with E-state index in [2.05, 4.69) is 10.5 Å². The summed E-state index contributed by atoms with van der Waals surface area (Å²) in [4.78, 5) is 12.4. The van der Waals surface area contributed by atoms with Crippen LogP contribution in [0.25, 0.3) is 0 Å². The number of benzene rings is 3. The van der Waals surface area contributed by atoms with Crippen molar-refractivity contribution in [1.29, 1.82) is 0 Å². The van der Waals surface area contributed by atoms with Crippen LogP contribution in [0.2, 0.25) is 5.02 Å². The van der Waals surface area contributed by atoms with E-state index in [1.807, 2.05) is 18.2 Å². The van der Waals surface area contributed by atoms with Crippen LogP contribution in [0.4, 0.5) is 5.69 Å². The van der Waals surface area contributed by atoms with Gasteiger partial charge in [-0.15, -0.1) is 0 Å². The Morgan fingerprint density at radius 1 is 1.06 bits per heavy atom. The van der Waals surface area contributed by atoms with Crippen molar-refractivity contribution in [1.82, 2.24) is 5.43 Å². The van der Waals surface area contributed by atoms with Gasteiger partial charge in [0.15, 0.2) is 0 Å². The number of anilines is 1. The minimum atomic E-state index is -3.58. The van der Waals surface area contributed by atoms with Crippen LogP contribution in [0.15, 0.2) is 77.9 Å². The van der Waals surface area contributed by atoms with Gasteiger partial charge in [0.05, 0.1) is 31.8 Å². The van der Waals surface area contributed by atoms with Crippen molar-refractivity contribution in [2.75, 3.05) is 17.7 Å². The van der Waals surface area contributed by atoms with Crippen molar-refractivity contribution < 1.29 is 17.9 Å². The quantitative estimate of drug-likeness (QED) is 0.396. The van der Waals surface area contributed by atoms with E-state index in [4.69, 9.17) is 16.3 Å². The van der Waals surface area contributed by atoms with Gasteiger partial charge in [0.1, 0.15) is 5.75 Å². The number of hydrazone groups is 1. The molecule has 0 saturated heterocycles. The molecular formula is C23H22ClN3O4S. The highest BCUT2D eigenvalue weighted by Gasteiger charge is 2.19. The average Bonchev–Trinajstić information content (AvgIpc) is 2.78. The monoisotopic (exact) mass is 471 g/mol. The topological polar surface area (TPSA) is 88.1 Å². The molecule has 0 aliphatic heterocycles. The maximum Gasteiger partial charge on any atom is 0.271 e. The second-order valence-electron chi connectivity index (χ2n) is 6.85. The third kappa shape index (κ3) is 5.87. The number of amides is 1. The van der Waals surface area contributed by atoms with Crippen LogP contribution in [0.3, 0.4) is 0 Å². The number of para-hydroxylation sites is 1. The summed E-state index contributed by atoms with van der Waals surface area (Å²) in [5, 5.41) is 4.44. The fourth-order valence-corrected chi connectivity index (χ4v) is 4.03. The number of hydrogen-bond acceptors (Lipinski definition) is 5. The van der Waals surface area contributed by atoms with Gasteiger partial charge >= 0.3 is 0 Å². The van der Waals surface area contributed by atoms with Crippen molar-refractivity contribution in [2.24, 2.45) is 5.10 Å². The Morgan fingerprint density at radius 3 is 2.38 bits per heavy atom. The Balaban J connectivity index is 1.74. The Morgan fingerprint density at radius 2 is 1.72 bits per heavy atom. The number of nitrogens with zero attached hydrogens (tertiary/aromatic N) is 2. The van der Waals surface area contributed by atoms with E-state index >= 15 is 0 Å². The molecule has 166 valence electrons. The summed E-state index contributed by atoms with van der Waals surface area (Å²) < 4.78 is 31.2. The van der Waals surface area contributed by atoms with Gasteiger partial charge in [-0.25, -0.2) is 13.8 Å². The molecule has 3 aromatic rings. The zero-order chi connectivity index (χ0) is 23.1. The third-order valence-corrected chi connectivity index (χ3v) is 6.11. The number of methoxy groups -OCH3 is 1. The first-order chi connectivity index (χ1) is 15.3. The number of halogens is 1. The minimum Gasteiger partial charge on any atom is -0.496 e. The number of ether oxygens (including phenoxy) is 1. The molecule has 0 unspecified atom stereocenters. The number of carbonyl (C=O) groups is 1. The molecule has 0 atom stereocenters. The lowest BCUT2D eigenvalue weighted by Gasteiger charge is -2.23. The van der Waals surface area contributed by atoms with E-state index in [1.54, 1.807) is 49.6 Å². The van der Waals surface area contributed by atoms with Crippen LogP contribution >= 0.6 is 11.6 Å². The second kappa shape index (κ2) is 10.3. The Bertz CT molecular complexity index is 1230. The molecule has 3 aromatic carbocycles. The Kier molecular flexibility index (Phi) is 7.50. The van der Waals surface area contributed by atoms with Gasteiger partial charge in [-0.2, -0.15) is 5.10 Å². The molecule has 0 radical (unpaired) electrons. The van der Waals surface area contributed by atoms with E-state index in [0.29, 0.717) is 33.1 Å². The van der Waals surface area contributed by atoms with Crippen LogP contribution in [0.5, 0.6) is 5.75 Å². The minimum absolute atomic E-state index is 0.0766. The molecule has 1 amide bonds. The lowest BCUT2D eigenvalue weighted by atomic mass is 10.2. The normalized spacial score (nSPS) is 11.3. The van der Waals surface area contributed by atoms with E-state index in [1.165, 1.54) is 22.7 Å². The first kappa shape index (κ1) is 23.3. The first-order valence-electron chi connectivity index (χ1n) is 9.57. The van der Waals surface area contributed by atoms with Crippen LogP contribution in [-0.2, 0) is 16.6 Å². The predicted molar refractivity (Wildman–Crippen MR) is 127 cm³/mol. The van der Waals surface area contributed by atoms with Gasteiger partial charge < -0.3 is 4.74 Å². The largest absolute Gasteiger partial charge is 0.496 e. The molecule has 1 N–H and O–H groups in total. The number of carbonyl (C=O) groups excluding carboxylic acids is 1. The molecule has 3 rings (SSSR count).